The summed E-state index contributed by atoms with van der Waals surface area (Å²) in [7, 11) is -3.09. The molecule has 3 aliphatic heterocycles. The summed E-state index contributed by atoms with van der Waals surface area (Å²) in [5, 5.41) is 24.2. The molecule has 21 nitrogen and oxygen atoms in total. The Morgan fingerprint density at radius 2 is 1.96 bits per heavy atom. The molecular weight excluding hydrogens is 699 g/mol. The van der Waals surface area contributed by atoms with E-state index in [2.05, 4.69) is 25.0 Å². The number of hydrogen-bond acceptors (Lipinski definition) is 16. The van der Waals surface area contributed by atoms with E-state index in [-0.39, 0.29) is 42.4 Å². The first kappa shape index (κ1) is 35.0. The average molecular weight is 735 g/mol. The number of hydrogen-bond donors (Lipinski definition) is 6. The molecule has 6 heterocycles. The van der Waals surface area contributed by atoms with Crippen LogP contribution in [0.15, 0.2) is 45.1 Å². The van der Waals surface area contributed by atoms with Gasteiger partial charge in [0.2, 0.25) is 12.7 Å². The molecule has 2 unspecified atom stereocenters. The van der Waals surface area contributed by atoms with Crippen LogP contribution in [0.1, 0.15) is 30.0 Å². The Labute approximate surface area is 286 Å². The van der Waals surface area contributed by atoms with Crippen molar-refractivity contribution in [1.82, 2.24) is 34.2 Å². The highest BCUT2D eigenvalue weighted by molar-refractivity contribution is 7.51. The van der Waals surface area contributed by atoms with E-state index in [0.29, 0.717) is 17.1 Å². The summed E-state index contributed by atoms with van der Waals surface area (Å²) in [6.07, 6.45) is -5.15. The zero-order chi connectivity index (χ0) is 36.0. The maximum atomic E-state index is 14.6. The number of nitrogen functional groups attached to an aromatic ring is 1. The van der Waals surface area contributed by atoms with E-state index >= 15 is 0 Å². The third kappa shape index (κ3) is 6.70. The number of H-pyrrole nitrogens is 2. The number of aromatic nitrogens is 6. The fraction of sp³-hybridized carbons (Fsp3) is 0.483. The third-order valence-corrected chi connectivity index (χ3v) is 10.3. The molecule has 0 radical (unpaired) electrons. The van der Waals surface area contributed by atoms with Crippen LogP contribution in [0.25, 0.3) is 11.2 Å². The number of anilines is 1. The number of benzene rings is 1. The van der Waals surface area contributed by atoms with Gasteiger partial charge in [0.05, 0.1) is 19.5 Å². The molecule has 0 aliphatic carbocycles. The van der Waals surface area contributed by atoms with Crippen LogP contribution in [-0.2, 0) is 34.4 Å². The van der Waals surface area contributed by atoms with Crippen LogP contribution in [0, 0.1) is 6.92 Å². The van der Waals surface area contributed by atoms with Crippen LogP contribution in [0.5, 0.6) is 11.5 Å². The number of aromatic amines is 2. The number of fused-ring (bicyclic) bond motifs is 2. The van der Waals surface area contributed by atoms with Crippen LogP contribution in [-0.4, -0.2) is 96.9 Å². The molecule has 7 N–H and O–H groups in total. The van der Waals surface area contributed by atoms with Crippen molar-refractivity contribution in [3.05, 3.63) is 73.0 Å². The standard InChI is InChI=1S/C29H35N8O13P/c1-13-8-36(29(42)35-25(13)40)27-23(44-2)21(39)18(49-27)10-47-51(43,32-7-14-4-3-5-15-22(14)46-12-45-15)50-16-6-19(48-17(16)9-38)37-11-31-20-24(37)33-28(30)34-26(20)41/h3-5,8,11,16-19,21,23,27,38-39H,6-7,9-10,12H2,1-2H3,(H,32,43)(H,35,40,42)(H3,30,33,34,41)/t16-,17-,18-,19-,21+,23?,27-,51?/m1/s1. The SMILES string of the molecule is COC1[C@@H](O)[C@@H](COP(=O)(NCc2cccc3c2OCO3)O[C@@H]2C[C@H](n3cnc4c(=O)[nH]c(N)nc43)O[C@@H]2CO)O[C@H]1n1cc(C)c(=O)[nH]c1=O. The van der Waals surface area contributed by atoms with E-state index in [1.54, 1.807) is 18.2 Å². The number of ether oxygens (including phenoxy) is 5. The molecule has 0 spiro atoms. The van der Waals surface area contributed by atoms with Crippen molar-refractivity contribution in [3.8, 4) is 11.5 Å². The van der Waals surface area contributed by atoms with Crippen molar-refractivity contribution >= 4 is 24.9 Å². The fourth-order valence-corrected chi connectivity index (χ4v) is 7.70. The van der Waals surface area contributed by atoms with Gasteiger partial charge in [0.1, 0.15) is 36.7 Å². The van der Waals surface area contributed by atoms with Crippen LogP contribution in [0.3, 0.4) is 0 Å². The Morgan fingerprint density at radius 1 is 1.14 bits per heavy atom. The van der Waals surface area contributed by atoms with Crippen molar-refractivity contribution in [2.75, 3.05) is 32.9 Å². The number of nitrogens with two attached hydrogens (primary N) is 1. The van der Waals surface area contributed by atoms with Gasteiger partial charge in [0.15, 0.2) is 28.9 Å². The van der Waals surface area contributed by atoms with Gasteiger partial charge < -0.3 is 39.6 Å². The van der Waals surface area contributed by atoms with Crippen molar-refractivity contribution < 1.29 is 47.5 Å². The van der Waals surface area contributed by atoms with Crippen molar-refractivity contribution in [3.63, 3.8) is 0 Å². The zero-order valence-corrected chi connectivity index (χ0v) is 28.1. The highest BCUT2D eigenvalue weighted by Gasteiger charge is 2.48. The number of nitrogens with zero attached hydrogens (tertiary/aromatic N) is 4. The summed E-state index contributed by atoms with van der Waals surface area (Å²) in [6, 6.07) is 5.17. The van der Waals surface area contributed by atoms with Gasteiger partial charge in [-0.1, -0.05) is 12.1 Å². The minimum Gasteiger partial charge on any atom is -0.454 e. The largest absolute Gasteiger partial charge is 0.454 e. The van der Waals surface area contributed by atoms with Gasteiger partial charge in [-0.3, -0.25) is 37.7 Å². The molecule has 8 atom stereocenters. The van der Waals surface area contributed by atoms with Crippen LogP contribution in [0.4, 0.5) is 5.95 Å². The molecule has 3 aromatic heterocycles. The lowest BCUT2D eigenvalue weighted by Gasteiger charge is -2.26. The lowest BCUT2D eigenvalue weighted by atomic mass is 10.1. The highest BCUT2D eigenvalue weighted by Crippen LogP contribution is 2.50. The summed E-state index contributed by atoms with van der Waals surface area (Å²) in [4.78, 5) is 49.8. The first-order valence-electron chi connectivity index (χ1n) is 15.7. The number of aliphatic hydroxyl groups is 2. The van der Waals surface area contributed by atoms with Gasteiger partial charge in [-0.25, -0.2) is 19.4 Å². The number of para-hydroxylation sites is 1. The Balaban J connectivity index is 1.14. The third-order valence-electron chi connectivity index (χ3n) is 8.75. The molecule has 0 saturated carbocycles. The minimum absolute atomic E-state index is 0.00193. The normalized spacial score (nSPS) is 26.9. The Kier molecular flexibility index (Phi) is 9.56. The molecule has 2 saturated heterocycles. The molecule has 1 aromatic carbocycles. The van der Waals surface area contributed by atoms with E-state index in [1.807, 2.05) is 0 Å². The molecule has 0 bridgehead atoms. The number of aliphatic hydroxyl groups excluding tert-OH is 2. The Bertz CT molecular complexity index is 2150. The van der Waals surface area contributed by atoms with Crippen LogP contribution in [0.2, 0.25) is 0 Å². The zero-order valence-electron chi connectivity index (χ0n) is 27.2. The Morgan fingerprint density at radius 3 is 2.75 bits per heavy atom. The number of aryl methyl sites for hydroxylation is 1. The maximum Gasteiger partial charge on any atom is 0.406 e. The van der Waals surface area contributed by atoms with Gasteiger partial charge in [0, 0.05) is 37.4 Å². The fourth-order valence-electron chi connectivity index (χ4n) is 6.18. The van der Waals surface area contributed by atoms with Crippen LogP contribution < -0.4 is 37.1 Å². The molecule has 3 aliphatic rings. The van der Waals surface area contributed by atoms with Gasteiger partial charge in [-0.05, 0) is 13.0 Å². The maximum absolute atomic E-state index is 14.6. The van der Waals surface area contributed by atoms with Crippen molar-refractivity contribution in [1.29, 1.82) is 0 Å². The first-order valence-corrected chi connectivity index (χ1v) is 17.3. The van der Waals surface area contributed by atoms with E-state index < -0.39 is 80.7 Å². The molecule has 0 amide bonds. The van der Waals surface area contributed by atoms with E-state index in [9.17, 15) is 29.2 Å². The van der Waals surface area contributed by atoms with Gasteiger partial charge >= 0.3 is 13.4 Å². The number of rotatable bonds is 12. The number of methoxy groups -OCH3 is 1. The summed E-state index contributed by atoms with van der Waals surface area (Å²) < 4.78 is 57.6. The van der Waals surface area contributed by atoms with Crippen molar-refractivity contribution in [2.24, 2.45) is 0 Å². The second-order valence-corrected chi connectivity index (χ2v) is 13.8. The summed E-state index contributed by atoms with van der Waals surface area (Å²) >= 11 is 0. The monoisotopic (exact) mass is 734 g/mol. The van der Waals surface area contributed by atoms with Gasteiger partial charge in [0.25, 0.3) is 11.1 Å². The second kappa shape index (κ2) is 13.9. The first-order chi connectivity index (χ1) is 24.5. The summed E-state index contributed by atoms with van der Waals surface area (Å²) in [5.74, 6) is 0.785. The van der Waals surface area contributed by atoms with Gasteiger partial charge in [-0.15, -0.1) is 0 Å². The lowest BCUT2D eigenvalue weighted by molar-refractivity contribution is -0.0635. The van der Waals surface area contributed by atoms with Crippen molar-refractivity contribution in [2.45, 2.75) is 62.9 Å². The van der Waals surface area contributed by atoms with Crippen LogP contribution >= 0.6 is 7.75 Å². The molecule has 51 heavy (non-hydrogen) atoms. The average Bonchev–Trinajstić information content (AvgIpc) is 3.90. The predicted molar refractivity (Wildman–Crippen MR) is 173 cm³/mol. The molecule has 4 aromatic rings. The highest BCUT2D eigenvalue weighted by atomic mass is 31.2. The van der Waals surface area contributed by atoms with Gasteiger partial charge in [-0.2, -0.15) is 4.98 Å². The lowest BCUT2D eigenvalue weighted by Crippen LogP contribution is -2.39. The molecule has 7 rings (SSSR count). The molecular formula is C29H35N8O13P. The molecule has 274 valence electrons. The van der Waals surface area contributed by atoms with E-state index in [4.69, 9.17) is 38.5 Å². The predicted octanol–water partition coefficient (Wildman–Crippen LogP) is -0.858. The smallest absolute Gasteiger partial charge is 0.406 e. The summed E-state index contributed by atoms with van der Waals surface area (Å²) in [6.45, 7) is 0.341. The molecule has 2 fully saturated rings. The summed E-state index contributed by atoms with van der Waals surface area (Å²) in [5.41, 5.74) is 4.75. The van der Waals surface area contributed by atoms with E-state index in [0.717, 1.165) is 4.57 Å². The number of nitrogens with one attached hydrogen (secondary N) is 3. The number of imidazole rings is 1. The topological polar surface area (TPSA) is 279 Å². The quantitative estimate of drug-likeness (QED) is 0.0966. The minimum atomic E-state index is -4.40. The van der Waals surface area contributed by atoms with E-state index in [1.165, 1.54) is 31.1 Å². The molecule has 22 heteroatoms. The Hall–Kier alpha value is -4.44. The second-order valence-electron chi connectivity index (χ2n) is 12.0.